The van der Waals surface area contributed by atoms with E-state index in [2.05, 4.69) is 17.1 Å². The van der Waals surface area contributed by atoms with Crippen LogP contribution in [0.5, 0.6) is 0 Å². The molecule has 0 aliphatic heterocycles. The number of benzene rings is 3. The van der Waals surface area contributed by atoms with E-state index in [-0.39, 0.29) is 37.4 Å². The molecule has 3 aromatic carbocycles. The summed E-state index contributed by atoms with van der Waals surface area (Å²) in [6.07, 6.45) is 3.22. The van der Waals surface area contributed by atoms with Gasteiger partial charge in [0, 0.05) is 43.8 Å². The summed E-state index contributed by atoms with van der Waals surface area (Å²) in [6.45, 7) is 3.11. The molecule has 1 radical (unpaired) electrons. The number of rotatable bonds is 6. The van der Waals surface area contributed by atoms with Gasteiger partial charge in [-0.15, -0.1) is 47.0 Å². The number of hydrogen-bond acceptors (Lipinski definition) is 6. The topological polar surface area (TPSA) is 110 Å². The van der Waals surface area contributed by atoms with Crippen LogP contribution in [-0.2, 0) is 25.5 Å². The van der Waals surface area contributed by atoms with Crippen LogP contribution in [0.3, 0.4) is 0 Å². The number of hydrogen-bond donors (Lipinski definition) is 1. The van der Waals surface area contributed by atoms with E-state index in [9.17, 15) is 14.4 Å². The van der Waals surface area contributed by atoms with Crippen LogP contribution in [0.25, 0.3) is 22.4 Å². The zero-order chi connectivity index (χ0) is 32.3. The summed E-state index contributed by atoms with van der Waals surface area (Å²) >= 11 is 0. The molecule has 233 valence electrons. The van der Waals surface area contributed by atoms with Gasteiger partial charge in [0.1, 0.15) is 11.5 Å². The number of nitrogens with zero attached hydrogens (tertiary/aromatic N) is 3. The van der Waals surface area contributed by atoms with E-state index in [4.69, 9.17) is 15.1 Å². The molecule has 1 aliphatic rings. The normalized spacial score (nSPS) is 14.0. The van der Waals surface area contributed by atoms with Gasteiger partial charge in [0.25, 0.3) is 0 Å². The standard InChI is InChI=1S/C33H22N2O2.C6H5NO2.Ir/c1-21(36)24-14-16-28-26(19-24)27-20-25(22(2)37)15-17-29(27)33(28,31-12-6-7-18-34-31)32-13-8-11-30(35-32)23-9-4-3-5-10-23;8-6(9)5-3-1-2-4-7-5;/h3-9,11-16,18-20H,1-2H3;1-4H,(H,8,9);/q-2;;/t33-;;/m0../s1. The van der Waals surface area contributed by atoms with Gasteiger partial charge in [-0.25, -0.2) is 9.78 Å². The summed E-state index contributed by atoms with van der Waals surface area (Å²) in [5.41, 5.74) is 7.16. The Kier molecular flexibility index (Phi) is 9.75. The second kappa shape index (κ2) is 13.9. The molecule has 0 amide bonds. The summed E-state index contributed by atoms with van der Waals surface area (Å²) in [5, 5.41) is 8.32. The first-order valence-corrected chi connectivity index (χ1v) is 14.5. The number of aromatic nitrogens is 3. The maximum absolute atomic E-state index is 12.3. The Morgan fingerprint density at radius 3 is 2.02 bits per heavy atom. The number of carboxylic acids is 1. The van der Waals surface area contributed by atoms with Gasteiger partial charge >= 0.3 is 5.97 Å². The predicted molar refractivity (Wildman–Crippen MR) is 174 cm³/mol. The van der Waals surface area contributed by atoms with E-state index in [1.165, 1.54) is 12.3 Å². The van der Waals surface area contributed by atoms with Crippen LogP contribution in [0, 0.1) is 12.1 Å². The SMILES string of the molecule is CC(=O)c1c[c-]c2c(c1)-c1cc(C(C)=O)ccc1[C@]2(c1ccccn1)c1cccc(-c2[c-]cccc2)n1.O=C(O)c1ccccn1.[Ir]. The van der Waals surface area contributed by atoms with Crippen LogP contribution in [0.15, 0.2) is 122 Å². The molecule has 1 N–H and O–H groups in total. The second-order valence-corrected chi connectivity index (χ2v) is 10.7. The van der Waals surface area contributed by atoms with Gasteiger partial charge in [-0.1, -0.05) is 53.6 Å². The van der Waals surface area contributed by atoms with Crippen molar-refractivity contribution in [1.82, 2.24) is 15.0 Å². The van der Waals surface area contributed by atoms with Crippen molar-refractivity contribution in [3.63, 3.8) is 0 Å². The van der Waals surface area contributed by atoms with Crippen molar-refractivity contribution in [1.29, 1.82) is 0 Å². The fourth-order valence-corrected chi connectivity index (χ4v) is 5.75. The first kappa shape index (κ1) is 32.9. The van der Waals surface area contributed by atoms with E-state index < -0.39 is 11.4 Å². The van der Waals surface area contributed by atoms with Crippen LogP contribution in [-0.4, -0.2) is 37.6 Å². The Morgan fingerprint density at radius 2 is 1.40 bits per heavy atom. The van der Waals surface area contributed by atoms with Crippen molar-refractivity contribution in [2.75, 3.05) is 0 Å². The third-order valence-corrected chi connectivity index (χ3v) is 7.89. The van der Waals surface area contributed by atoms with Crippen molar-refractivity contribution >= 4 is 17.5 Å². The fourth-order valence-electron chi connectivity index (χ4n) is 5.75. The number of carbonyl (C=O) groups is 3. The molecule has 47 heavy (non-hydrogen) atoms. The van der Waals surface area contributed by atoms with E-state index in [0.717, 1.165) is 44.9 Å². The number of aromatic carboxylic acids is 1. The number of carbonyl (C=O) groups excluding carboxylic acids is 2. The molecule has 1 atom stereocenters. The van der Waals surface area contributed by atoms with Crippen LogP contribution in [0.2, 0.25) is 0 Å². The minimum atomic E-state index is -0.990. The number of ketones is 2. The average molecular weight is 794 g/mol. The molecule has 3 heterocycles. The zero-order valence-electron chi connectivity index (χ0n) is 25.4. The van der Waals surface area contributed by atoms with E-state index in [1.807, 2.05) is 84.9 Å². The number of Topliss-reactive ketones (excluding diaryl/α,β-unsaturated/α-hetero) is 2. The molecule has 1 aliphatic carbocycles. The molecule has 3 aromatic heterocycles. The van der Waals surface area contributed by atoms with Gasteiger partial charge in [-0.05, 0) is 55.4 Å². The first-order valence-electron chi connectivity index (χ1n) is 14.5. The summed E-state index contributed by atoms with van der Waals surface area (Å²) in [4.78, 5) is 48.4. The molecule has 0 saturated carbocycles. The second-order valence-electron chi connectivity index (χ2n) is 10.7. The van der Waals surface area contributed by atoms with Gasteiger partial charge in [-0.3, -0.25) is 14.8 Å². The quantitative estimate of drug-likeness (QED) is 0.139. The Labute approximate surface area is 285 Å². The van der Waals surface area contributed by atoms with Crippen molar-refractivity contribution in [3.05, 3.63) is 173 Å². The van der Waals surface area contributed by atoms with Gasteiger partial charge in [0.15, 0.2) is 5.78 Å². The van der Waals surface area contributed by atoms with Crippen LogP contribution < -0.4 is 0 Å². The Morgan fingerprint density at radius 1 is 0.702 bits per heavy atom. The van der Waals surface area contributed by atoms with Crippen LogP contribution in [0.1, 0.15) is 67.6 Å². The van der Waals surface area contributed by atoms with E-state index in [1.54, 1.807) is 38.2 Å². The van der Waals surface area contributed by atoms with E-state index in [0.29, 0.717) is 11.1 Å². The molecule has 0 bridgehead atoms. The fraction of sp³-hybridized carbons (Fsp3) is 0.0769. The van der Waals surface area contributed by atoms with Crippen molar-refractivity contribution < 1.29 is 39.6 Å². The Balaban J connectivity index is 0.000000377. The maximum atomic E-state index is 12.3. The van der Waals surface area contributed by atoms with E-state index >= 15 is 0 Å². The van der Waals surface area contributed by atoms with Gasteiger partial charge in [0.05, 0.1) is 11.1 Å². The van der Waals surface area contributed by atoms with Crippen LogP contribution in [0.4, 0.5) is 0 Å². The first-order chi connectivity index (χ1) is 22.3. The molecule has 8 heteroatoms. The number of carboxylic acid groups (broad SMARTS) is 1. The third kappa shape index (κ3) is 6.21. The average Bonchev–Trinajstić information content (AvgIpc) is 3.39. The predicted octanol–water partition coefficient (Wildman–Crippen LogP) is 7.29. The number of pyridine rings is 3. The molecular weight excluding hydrogens is 767 g/mol. The molecule has 7 rings (SSSR count). The molecule has 6 aromatic rings. The molecule has 0 unspecified atom stereocenters. The van der Waals surface area contributed by atoms with Gasteiger partial charge in [-0.2, -0.15) is 18.2 Å². The smallest absolute Gasteiger partial charge is 0.354 e. The molecule has 0 spiro atoms. The largest absolute Gasteiger partial charge is 0.477 e. The van der Waals surface area contributed by atoms with Crippen molar-refractivity contribution in [2.24, 2.45) is 0 Å². The monoisotopic (exact) mass is 794 g/mol. The zero-order valence-corrected chi connectivity index (χ0v) is 27.8. The summed E-state index contributed by atoms with van der Waals surface area (Å²) in [6, 6.07) is 40.4. The summed E-state index contributed by atoms with van der Waals surface area (Å²) in [7, 11) is 0. The summed E-state index contributed by atoms with van der Waals surface area (Å²) in [5.74, 6) is -1.06. The maximum Gasteiger partial charge on any atom is 0.354 e. The molecule has 7 nitrogen and oxygen atoms in total. The van der Waals surface area contributed by atoms with Crippen molar-refractivity contribution in [3.8, 4) is 22.4 Å². The Hall–Kier alpha value is -5.43. The molecular formula is C39H27IrN3O4-2. The van der Waals surface area contributed by atoms with Crippen molar-refractivity contribution in [2.45, 2.75) is 19.3 Å². The minimum absolute atomic E-state index is 0. The Bertz CT molecular complexity index is 2020. The van der Waals surface area contributed by atoms with Crippen LogP contribution >= 0.6 is 0 Å². The third-order valence-electron chi connectivity index (χ3n) is 7.89. The molecule has 0 fully saturated rings. The van der Waals surface area contributed by atoms with Gasteiger partial charge in [0.2, 0.25) is 0 Å². The molecule has 0 saturated heterocycles. The van der Waals surface area contributed by atoms with Gasteiger partial charge < -0.3 is 9.90 Å². The minimum Gasteiger partial charge on any atom is -0.477 e. The summed E-state index contributed by atoms with van der Waals surface area (Å²) < 4.78 is 0. The number of fused-ring (bicyclic) bond motifs is 3.